The van der Waals surface area contributed by atoms with Crippen LogP contribution in [0.15, 0.2) is 42.6 Å². The normalized spacial score (nSPS) is 16.7. The number of nitrogens with one attached hydrogen (secondary N) is 2. The number of esters is 1. The molecule has 142 valence electrons. The van der Waals surface area contributed by atoms with E-state index in [2.05, 4.69) is 20.4 Å². The van der Waals surface area contributed by atoms with Crippen LogP contribution in [0.4, 0.5) is 4.79 Å². The lowest BCUT2D eigenvalue weighted by Gasteiger charge is -2.36. The number of amides is 2. The van der Waals surface area contributed by atoms with Crippen molar-refractivity contribution in [2.75, 3.05) is 26.7 Å². The number of carbonyl (C=O) groups excluding carboxylic acids is 2. The van der Waals surface area contributed by atoms with Crippen molar-refractivity contribution in [3.63, 3.8) is 0 Å². The molecule has 0 saturated carbocycles. The minimum atomic E-state index is -0.441. The molecule has 0 radical (unpaired) electrons. The van der Waals surface area contributed by atoms with Crippen LogP contribution in [0.1, 0.15) is 27.7 Å². The molecule has 2 aromatic rings. The van der Waals surface area contributed by atoms with Crippen LogP contribution in [-0.4, -0.2) is 48.6 Å². The van der Waals surface area contributed by atoms with Crippen molar-refractivity contribution in [1.82, 2.24) is 20.5 Å². The second-order valence-corrected chi connectivity index (χ2v) is 6.59. The summed E-state index contributed by atoms with van der Waals surface area (Å²) in [6.07, 6.45) is 1.44. The van der Waals surface area contributed by atoms with Gasteiger partial charge in [-0.15, -0.1) is 0 Å². The summed E-state index contributed by atoms with van der Waals surface area (Å²) in [5, 5.41) is 6.85. The Hall–Kier alpha value is -2.64. The Morgan fingerprint density at radius 2 is 2.22 bits per heavy atom. The summed E-state index contributed by atoms with van der Waals surface area (Å²) in [5.74, 6) is -0.441. The van der Waals surface area contributed by atoms with Crippen molar-refractivity contribution < 1.29 is 14.3 Å². The molecule has 2 N–H and O–H groups in total. The molecule has 1 aliphatic rings. The maximum Gasteiger partial charge on any atom is 0.339 e. The van der Waals surface area contributed by atoms with Crippen molar-refractivity contribution in [2.45, 2.75) is 12.6 Å². The Kier molecular flexibility index (Phi) is 6.26. The maximum absolute atomic E-state index is 12.7. The Bertz CT molecular complexity index is 813. The molecule has 1 saturated heterocycles. The molecule has 1 aromatic heterocycles. The van der Waals surface area contributed by atoms with E-state index in [4.69, 9.17) is 11.6 Å². The summed E-state index contributed by atoms with van der Waals surface area (Å²) in [7, 11) is 1.32. The van der Waals surface area contributed by atoms with Crippen LogP contribution in [0.25, 0.3) is 0 Å². The van der Waals surface area contributed by atoms with Gasteiger partial charge in [0.15, 0.2) is 0 Å². The number of halogens is 1. The fourth-order valence-electron chi connectivity index (χ4n) is 2.99. The molecule has 1 unspecified atom stereocenters. The summed E-state index contributed by atoms with van der Waals surface area (Å²) in [6.45, 7) is 2.26. The van der Waals surface area contributed by atoms with Crippen molar-refractivity contribution in [3.05, 3.63) is 64.4 Å². The molecule has 8 heteroatoms. The van der Waals surface area contributed by atoms with E-state index in [1.54, 1.807) is 17.0 Å². The molecule has 1 atom stereocenters. The van der Waals surface area contributed by atoms with Gasteiger partial charge in [-0.25, -0.2) is 9.59 Å². The summed E-state index contributed by atoms with van der Waals surface area (Å²) >= 11 is 6.10. The number of carbonyl (C=O) groups is 2. The molecule has 0 spiro atoms. The third-order valence-corrected chi connectivity index (χ3v) is 4.64. The third kappa shape index (κ3) is 4.75. The first kappa shape index (κ1) is 19.1. The standard InChI is InChI=1S/C19H21ClN4O3/c1-27-18(25)14-5-6-16(22-10-14)11-23-19(26)24-8-7-21-12-17(24)13-3-2-4-15(20)9-13/h2-6,9-10,17,21H,7-8,11-12H2,1H3,(H,23,26). The largest absolute Gasteiger partial charge is 0.465 e. The van der Waals surface area contributed by atoms with Crippen LogP contribution < -0.4 is 10.6 Å². The van der Waals surface area contributed by atoms with Gasteiger partial charge < -0.3 is 20.3 Å². The second-order valence-electron chi connectivity index (χ2n) is 6.16. The molecule has 1 fully saturated rings. The fourth-order valence-corrected chi connectivity index (χ4v) is 3.19. The van der Waals surface area contributed by atoms with Gasteiger partial charge in [0.25, 0.3) is 0 Å². The number of urea groups is 1. The van der Waals surface area contributed by atoms with Gasteiger partial charge in [-0.2, -0.15) is 0 Å². The van der Waals surface area contributed by atoms with Crippen LogP contribution >= 0.6 is 11.6 Å². The lowest BCUT2D eigenvalue weighted by atomic mass is 10.0. The van der Waals surface area contributed by atoms with Crippen molar-refractivity contribution in [3.8, 4) is 0 Å². The Morgan fingerprint density at radius 1 is 1.37 bits per heavy atom. The number of pyridine rings is 1. The summed E-state index contributed by atoms with van der Waals surface area (Å²) < 4.78 is 4.65. The Balaban J connectivity index is 1.64. The quantitative estimate of drug-likeness (QED) is 0.786. The first-order valence-corrected chi connectivity index (χ1v) is 9.00. The van der Waals surface area contributed by atoms with Gasteiger partial charge in [-0.1, -0.05) is 23.7 Å². The van der Waals surface area contributed by atoms with Gasteiger partial charge in [0.1, 0.15) is 0 Å². The lowest BCUT2D eigenvalue weighted by Crippen LogP contribution is -2.51. The summed E-state index contributed by atoms with van der Waals surface area (Å²) in [6, 6.07) is 10.6. The number of hydrogen-bond acceptors (Lipinski definition) is 5. The summed E-state index contributed by atoms with van der Waals surface area (Å²) in [4.78, 5) is 30.1. The van der Waals surface area contributed by atoms with Gasteiger partial charge in [0.05, 0.1) is 31.0 Å². The topological polar surface area (TPSA) is 83.6 Å². The highest BCUT2D eigenvalue weighted by Gasteiger charge is 2.27. The molecule has 3 rings (SSSR count). The summed E-state index contributed by atoms with van der Waals surface area (Å²) in [5.41, 5.74) is 2.02. The molecule has 7 nitrogen and oxygen atoms in total. The third-order valence-electron chi connectivity index (χ3n) is 4.40. The number of aromatic nitrogens is 1. The van der Waals surface area contributed by atoms with E-state index in [1.165, 1.54) is 13.3 Å². The molecule has 27 heavy (non-hydrogen) atoms. The van der Waals surface area contributed by atoms with Crippen molar-refractivity contribution >= 4 is 23.6 Å². The molecule has 1 aliphatic heterocycles. The number of nitrogens with zero attached hydrogens (tertiary/aromatic N) is 2. The fraction of sp³-hybridized carbons (Fsp3) is 0.316. The number of methoxy groups -OCH3 is 1. The van der Waals surface area contributed by atoms with Crippen LogP contribution in [0.3, 0.4) is 0 Å². The number of piperazine rings is 1. The molecule has 0 bridgehead atoms. The minimum Gasteiger partial charge on any atom is -0.465 e. The smallest absolute Gasteiger partial charge is 0.339 e. The number of ether oxygens (including phenoxy) is 1. The van der Waals surface area contributed by atoms with E-state index in [-0.39, 0.29) is 18.6 Å². The molecule has 1 aromatic carbocycles. The van der Waals surface area contributed by atoms with Gasteiger partial charge >= 0.3 is 12.0 Å². The number of benzene rings is 1. The van der Waals surface area contributed by atoms with Crippen LogP contribution in [-0.2, 0) is 11.3 Å². The maximum atomic E-state index is 12.7. The number of rotatable bonds is 4. The zero-order chi connectivity index (χ0) is 19.2. The Morgan fingerprint density at radius 3 is 2.93 bits per heavy atom. The van der Waals surface area contributed by atoms with Gasteiger partial charge in [-0.05, 0) is 29.8 Å². The molecular formula is C19H21ClN4O3. The minimum absolute atomic E-state index is 0.0906. The van der Waals surface area contributed by atoms with E-state index < -0.39 is 5.97 Å². The van der Waals surface area contributed by atoms with Gasteiger partial charge in [0, 0.05) is 30.9 Å². The zero-order valence-electron chi connectivity index (χ0n) is 14.9. The average molecular weight is 389 g/mol. The lowest BCUT2D eigenvalue weighted by molar-refractivity contribution is 0.0600. The first-order chi connectivity index (χ1) is 13.1. The van der Waals surface area contributed by atoms with Crippen molar-refractivity contribution in [1.29, 1.82) is 0 Å². The van der Waals surface area contributed by atoms with E-state index >= 15 is 0 Å². The van der Waals surface area contributed by atoms with E-state index in [0.717, 1.165) is 12.1 Å². The molecule has 0 aliphatic carbocycles. The number of hydrogen-bond donors (Lipinski definition) is 2. The highest BCUT2D eigenvalue weighted by molar-refractivity contribution is 6.30. The van der Waals surface area contributed by atoms with E-state index in [9.17, 15) is 9.59 Å². The Labute approximate surface area is 162 Å². The van der Waals surface area contributed by atoms with Crippen molar-refractivity contribution in [2.24, 2.45) is 0 Å². The first-order valence-electron chi connectivity index (χ1n) is 8.62. The predicted molar refractivity (Wildman–Crippen MR) is 102 cm³/mol. The van der Waals surface area contributed by atoms with Crippen LogP contribution in [0, 0.1) is 0 Å². The van der Waals surface area contributed by atoms with Crippen LogP contribution in [0.2, 0.25) is 5.02 Å². The molecule has 2 amide bonds. The zero-order valence-corrected chi connectivity index (χ0v) is 15.7. The highest BCUT2D eigenvalue weighted by atomic mass is 35.5. The van der Waals surface area contributed by atoms with E-state index in [1.807, 2.05) is 24.3 Å². The SMILES string of the molecule is COC(=O)c1ccc(CNC(=O)N2CCNCC2c2cccc(Cl)c2)nc1. The molecular weight excluding hydrogens is 368 g/mol. The average Bonchev–Trinajstić information content (AvgIpc) is 2.72. The van der Waals surface area contributed by atoms with E-state index in [0.29, 0.717) is 29.4 Å². The predicted octanol–water partition coefficient (Wildman–Crippen LogP) is 2.38. The highest BCUT2D eigenvalue weighted by Crippen LogP contribution is 2.24. The monoisotopic (exact) mass is 388 g/mol. The van der Waals surface area contributed by atoms with Gasteiger partial charge in [-0.3, -0.25) is 4.98 Å². The van der Waals surface area contributed by atoms with Gasteiger partial charge in [0.2, 0.25) is 0 Å². The molecule has 2 heterocycles. The van der Waals surface area contributed by atoms with Crippen LogP contribution in [0.5, 0.6) is 0 Å². The second kappa shape index (κ2) is 8.83.